The Kier molecular flexibility index (Phi) is 5.17. The van der Waals surface area contributed by atoms with Gasteiger partial charge in [-0.25, -0.2) is 13.1 Å². The Morgan fingerprint density at radius 2 is 1.62 bits per heavy atom. The van der Waals surface area contributed by atoms with Crippen LogP contribution in [0.2, 0.25) is 0 Å². The van der Waals surface area contributed by atoms with Gasteiger partial charge >= 0.3 is 0 Å². The summed E-state index contributed by atoms with van der Waals surface area (Å²) < 4.78 is 32.4. The number of amides is 2. The molecule has 0 aliphatic heterocycles. The van der Waals surface area contributed by atoms with Gasteiger partial charge in [-0.05, 0) is 38.1 Å². The van der Waals surface area contributed by atoms with Gasteiger partial charge in [-0.2, -0.15) is 0 Å². The van der Waals surface area contributed by atoms with E-state index >= 15 is 0 Å². The Balaban J connectivity index is 2.41. The molecule has 0 spiro atoms. The van der Waals surface area contributed by atoms with Crippen LogP contribution in [0.15, 0.2) is 33.6 Å². The normalized spacial score (nSPS) is 11.0. The lowest BCUT2D eigenvalue weighted by molar-refractivity contribution is -0.114. The minimum Gasteiger partial charge on any atom is -0.443 e. The van der Waals surface area contributed by atoms with Crippen molar-refractivity contribution in [2.45, 2.75) is 25.7 Å². The predicted molar refractivity (Wildman–Crippen MR) is 93.5 cm³/mol. The Bertz CT molecular complexity index is 990. The van der Waals surface area contributed by atoms with Gasteiger partial charge in [-0.1, -0.05) is 0 Å². The molecular formula is C16H17N3O6S. The van der Waals surface area contributed by atoms with E-state index in [0.29, 0.717) is 5.69 Å². The SMILES string of the molecule is CC(=O)Nc1ccc(S(=O)(=O)Nc2oc(C)c(C(C)=O)c2C(N)=O)cc1. The Hall–Kier alpha value is -3.14. The smallest absolute Gasteiger partial charge is 0.264 e. The number of nitrogens with one attached hydrogen (secondary N) is 2. The monoisotopic (exact) mass is 379 g/mol. The number of nitrogens with two attached hydrogens (primary N) is 1. The molecule has 9 nitrogen and oxygen atoms in total. The van der Waals surface area contributed by atoms with E-state index in [1.165, 1.54) is 45.0 Å². The van der Waals surface area contributed by atoms with Gasteiger partial charge in [0, 0.05) is 12.6 Å². The van der Waals surface area contributed by atoms with Gasteiger partial charge in [0.05, 0.1) is 10.5 Å². The number of sulfonamides is 1. The molecule has 0 aliphatic rings. The summed E-state index contributed by atoms with van der Waals surface area (Å²) in [5.41, 5.74) is 5.28. The van der Waals surface area contributed by atoms with Crippen LogP contribution in [0.3, 0.4) is 0 Å². The van der Waals surface area contributed by atoms with Crippen LogP contribution in [-0.4, -0.2) is 26.0 Å². The number of carbonyl (C=O) groups is 3. The number of benzene rings is 1. The molecule has 0 unspecified atom stereocenters. The van der Waals surface area contributed by atoms with E-state index < -0.39 is 27.6 Å². The lowest BCUT2D eigenvalue weighted by atomic mass is 10.1. The fraction of sp³-hybridized carbons (Fsp3) is 0.188. The Morgan fingerprint density at radius 3 is 2.08 bits per heavy atom. The minimum absolute atomic E-state index is 0.0730. The number of Topliss-reactive ketones (excluding diaryl/α,β-unsaturated/α-hetero) is 1. The van der Waals surface area contributed by atoms with E-state index in [1.807, 2.05) is 0 Å². The lowest BCUT2D eigenvalue weighted by Gasteiger charge is -2.08. The molecule has 2 amide bonds. The molecule has 10 heteroatoms. The van der Waals surface area contributed by atoms with E-state index in [1.54, 1.807) is 0 Å². The highest BCUT2D eigenvalue weighted by Gasteiger charge is 2.28. The van der Waals surface area contributed by atoms with Crippen LogP contribution in [0.25, 0.3) is 0 Å². The van der Waals surface area contributed by atoms with Gasteiger partial charge in [-0.3, -0.25) is 14.4 Å². The molecule has 1 heterocycles. The van der Waals surface area contributed by atoms with Crippen LogP contribution in [0.5, 0.6) is 0 Å². The number of ketones is 1. The molecule has 0 saturated carbocycles. The van der Waals surface area contributed by atoms with Gasteiger partial charge in [-0.15, -0.1) is 0 Å². The highest BCUT2D eigenvalue weighted by atomic mass is 32.2. The molecule has 26 heavy (non-hydrogen) atoms. The molecule has 1 aromatic carbocycles. The van der Waals surface area contributed by atoms with E-state index in [-0.39, 0.29) is 27.7 Å². The van der Waals surface area contributed by atoms with Crippen molar-refractivity contribution in [3.05, 3.63) is 41.2 Å². The average Bonchev–Trinajstić information content (AvgIpc) is 2.82. The molecule has 1 aromatic heterocycles. The number of anilines is 2. The summed E-state index contributed by atoms with van der Waals surface area (Å²) in [6, 6.07) is 5.33. The molecule has 0 radical (unpaired) electrons. The number of furan rings is 1. The third-order valence-corrected chi connectivity index (χ3v) is 4.74. The average molecular weight is 379 g/mol. The highest BCUT2D eigenvalue weighted by Crippen LogP contribution is 2.29. The molecule has 0 saturated heterocycles. The predicted octanol–water partition coefficient (Wildman–Crippen LogP) is 1.65. The fourth-order valence-corrected chi connectivity index (χ4v) is 3.38. The second-order valence-electron chi connectivity index (χ2n) is 5.47. The van der Waals surface area contributed by atoms with E-state index in [4.69, 9.17) is 10.2 Å². The number of hydrogen-bond donors (Lipinski definition) is 3. The summed E-state index contributed by atoms with van der Waals surface area (Å²) in [5.74, 6) is -2.13. The minimum atomic E-state index is -4.12. The van der Waals surface area contributed by atoms with Gasteiger partial charge in [0.1, 0.15) is 11.3 Å². The summed E-state index contributed by atoms with van der Waals surface area (Å²) in [5, 5.41) is 2.51. The maximum Gasteiger partial charge on any atom is 0.264 e. The Labute approximate surface area is 149 Å². The summed E-state index contributed by atoms with van der Waals surface area (Å²) in [7, 11) is -4.12. The first kappa shape index (κ1) is 19.2. The lowest BCUT2D eigenvalue weighted by Crippen LogP contribution is -2.19. The molecule has 0 atom stereocenters. The van der Waals surface area contributed by atoms with Crippen molar-refractivity contribution in [3.63, 3.8) is 0 Å². The number of rotatable bonds is 6. The zero-order valence-electron chi connectivity index (χ0n) is 14.2. The van der Waals surface area contributed by atoms with E-state index in [0.717, 1.165) is 0 Å². The molecule has 2 aromatic rings. The third-order valence-electron chi connectivity index (χ3n) is 3.39. The van der Waals surface area contributed by atoms with Crippen LogP contribution in [0, 0.1) is 6.92 Å². The van der Waals surface area contributed by atoms with Crippen LogP contribution in [0.1, 0.15) is 40.3 Å². The van der Waals surface area contributed by atoms with Crippen molar-refractivity contribution >= 4 is 39.2 Å². The van der Waals surface area contributed by atoms with Crippen molar-refractivity contribution in [2.75, 3.05) is 10.0 Å². The van der Waals surface area contributed by atoms with Crippen molar-refractivity contribution in [1.29, 1.82) is 0 Å². The molecule has 0 aliphatic carbocycles. The first-order chi connectivity index (χ1) is 12.0. The van der Waals surface area contributed by atoms with Crippen molar-refractivity contribution in [2.24, 2.45) is 5.73 Å². The number of hydrogen-bond acceptors (Lipinski definition) is 6. The number of aryl methyl sites for hydroxylation is 1. The van der Waals surface area contributed by atoms with E-state index in [9.17, 15) is 22.8 Å². The molecule has 138 valence electrons. The second kappa shape index (κ2) is 7.00. The summed E-state index contributed by atoms with van der Waals surface area (Å²) in [6.07, 6.45) is 0. The third kappa shape index (κ3) is 3.91. The molecule has 0 fully saturated rings. The molecular weight excluding hydrogens is 362 g/mol. The highest BCUT2D eigenvalue weighted by molar-refractivity contribution is 7.92. The first-order valence-corrected chi connectivity index (χ1v) is 8.86. The molecule has 0 bridgehead atoms. The van der Waals surface area contributed by atoms with Crippen LogP contribution in [-0.2, 0) is 14.8 Å². The van der Waals surface area contributed by atoms with Gasteiger partial charge < -0.3 is 15.5 Å². The zero-order chi connectivity index (χ0) is 19.6. The van der Waals surface area contributed by atoms with Gasteiger partial charge in [0.15, 0.2) is 5.78 Å². The number of primary amides is 1. The maximum atomic E-state index is 12.5. The largest absolute Gasteiger partial charge is 0.443 e. The standard InChI is InChI=1S/C16H17N3O6S/c1-8(20)13-9(2)25-16(14(13)15(17)22)19-26(23,24)12-6-4-11(5-7-12)18-10(3)21/h4-7,19H,1-3H3,(H2,17,22)(H,18,21). The van der Waals surface area contributed by atoms with Crippen molar-refractivity contribution in [3.8, 4) is 0 Å². The molecule has 4 N–H and O–H groups in total. The first-order valence-electron chi connectivity index (χ1n) is 7.37. The summed E-state index contributed by atoms with van der Waals surface area (Å²) >= 11 is 0. The van der Waals surface area contributed by atoms with Crippen molar-refractivity contribution in [1.82, 2.24) is 0 Å². The Morgan fingerprint density at radius 1 is 1.04 bits per heavy atom. The molecule has 2 rings (SSSR count). The second-order valence-corrected chi connectivity index (χ2v) is 7.15. The van der Waals surface area contributed by atoms with Crippen LogP contribution >= 0.6 is 0 Å². The van der Waals surface area contributed by atoms with Gasteiger partial charge in [0.25, 0.3) is 15.9 Å². The van der Waals surface area contributed by atoms with Gasteiger partial charge in [0.2, 0.25) is 11.8 Å². The quantitative estimate of drug-likeness (QED) is 0.650. The fourth-order valence-electron chi connectivity index (χ4n) is 2.38. The number of carbonyl (C=O) groups excluding carboxylic acids is 3. The summed E-state index contributed by atoms with van der Waals surface area (Å²) in [6.45, 7) is 3.95. The zero-order valence-corrected chi connectivity index (χ0v) is 15.1. The summed E-state index contributed by atoms with van der Waals surface area (Å²) in [4.78, 5) is 34.2. The maximum absolute atomic E-state index is 12.5. The van der Waals surface area contributed by atoms with Crippen molar-refractivity contribution < 1.29 is 27.2 Å². The van der Waals surface area contributed by atoms with Crippen LogP contribution in [0.4, 0.5) is 11.6 Å². The van der Waals surface area contributed by atoms with E-state index in [2.05, 4.69) is 10.0 Å². The topological polar surface area (TPSA) is 149 Å². The van der Waals surface area contributed by atoms with Crippen LogP contribution < -0.4 is 15.8 Å².